The number of carbonyl (C=O) groups excluding carboxylic acids is 2. The second-order valence-corrected chi connectivity index (χ2v) is 10.5. The number of hydrogen-bond acceptors (Lipinski definition) is 2. The largest absolute Gasteiger partial charge is 0.322 e. The normalized spacial score (nSPS) is 11.7. The zero-order valence-corrected chi connectivity index (χ0v) is 20.7. The van der Waals surface area contributed by atoms with Crippen molar-refractivity contribution in [1.82, 2.24) is 0 Å². The van der Waals surface area contributed by atoms with E-state index in [1.165, 1.54) is 11.1 Å². The molecular formula is C29H34N2O2. The van der Waals surface area contributed by atoms with Crippen LogP contribution in [0.5, 0.6) is 0 Å². The molecule has 0 aliphatic rings. The van der Waals surface area contributed by atoms with E-state index in [-0.39, 0.29) is 22.6 Å². The van der Waals surface area contributed by atoms with Crippen molar-refractivity contribution in [2.75, 3.05) is 10.6 Å². The number of carbonyl (C=O) groups is 2. The van der Waals surface area contributed by atoms with Crippen molar-refractivity contribution in [3.05, 3.63) is 94.5 Å². The van der Waals surface area contributed by atoms with Crippen LogP contribution in [0.15, 0.2) is 66.7 Å². The summed E-state index contributed by atoms with van der Waals surface area (Å²) in [4.78, 5) is 25.6. The van der Waals surface area contributed by atoms with Gasteiger partial charge in [-0.15, -0.1) is 0 Å². The highest BCUT2D eigenvalue weighted by Crippen LogP contribution is 2.26. The van der Waals surface area contributed by atoms with Gasteiger partial charge in [0.2, 0.25) is 0 Å². The fraction of sp³-hybridized carbons (Fsp3) is 0.310. The van der Waals surface area contributed by atoms with Gasteiger partial charge in [0.05, 0.1) is 0 Å². The van der Waals surface area contributed by atoms with E-state index in [1.807, 2.05) is 73.7 Å². The molecule has 4 nitrogen and oxygen atoms in total. The minimum atomic E-state index is -0.181. The van der Waals surface area contributed by atoms with Crippen LogP contribution in [0.2, 0.25) is 0 Å². The van der Waals surface area contributed by atoms with E-state index in [1.54, 1.807) is 0 Å². The van der Waals surface area contributed by atoms with E-state index >= 15 is 0 Å². The average molecular weight is 443 g/mol. The van der Waals surface area contributed by atoms with Crippen LogP contribution >= 0.6 is 0 Å². The summed E-state index contributed by atoms with van der Waals surface area (Å²) in [6.07, 6.45) is 0. The maximum absolute atomic E-state index is 12.8. The Bertz CT molecular complexity index is 1060. The zero-order valence-electron chi connectivity index (χ0n) is 20.7. The molecule has 0 bridgehead atoms. The van der Waals surface area contributed by atoms with Crippen LogP contribution in [0.25, 0.3) is 0 Å². The lowest BCUT2D eigenvalue weighted by atomic mass is 9.86. The summed E-state index contributed by atoms with van der Waals surface area (Å²) in [7, 11) is 0. The van der Waals surface area contributed by atoms with Crippen molar-refractivity contribution in [1.29, 1.82) is 0 Å². The highest BCUT2D eigenvalue weighted by Gasteiger charge is 2.17. The first kappa shape index (κ1) is 24.2. The van der Waals surface area contributed by atoms with Crippen LogP contribution < -0.4 is 10.6 Å². The van der Waals surface area contributed by atoms with Gasteiger partial charge in [0.25, 0.3) is 11.8 Å². The van der Waals surface area contributed by atoms with Crippen LogP contribution in [0.4, 0.5) is 11.4 Å². The van der Waals surface area contributed by atoms with Gasteiger partial charge in [0, 0.05) is 22.5 Å². The van der Waals surface area contributed by atoms with E-state index in [9.17, 15) is 9.59 Å². The lowest BCUT2D eigenvalue weighted by Crippen LogP contribution is -2.17. The van der Waals surface area contributed by atoms with Crippen molar-refractivity contribution in [3.63, 3.8) is 0 Å². The summed E-state index contributed by atoms with van der Waals surface area (Å²) in [5.74, 6) is -0.361. The topological polar surface area (TPSA) is 58.2 Å². The maximum Gasteiger partial charge on any atom is 0.255 e. The second kappa shape index (κ2) is 9.22. The molecule has 0 atom stereocenters. The first-order valence-electron chi connectivity index (χ1n) is 11.3. The second-order valence-electron chi connectivity index (χ2n) is 10.5. The lowest BCUT2D eigenvalue weighted by molar-refractivity contribution is 0.101. The number of anilines is 2. The Morgan fingerprint density at radius 1 is 0.576 bits per heavy atom. The summed E-state index contributed by atoms with van der Waals surface area (Å²) in [6, 6.07) is 20.8. The molecule has 0 aromatic heterocycles. The molecule has 3 rings (SSSR count). The summed E-state index contributed by atoms with van der Waals surface area (Å²) < 4.78 is 0. The van der Waals surface area contributed by atoms with Crippen LogP contribution in [0, 0.1) is 6.92 Å². The van der Waals surface area contributed by atoms with Crippen LogP contribution in [0.3, 0.4) is 0 Å². The molecule has 0 heterocycles. The SMILES string of the molecule is Cc1c(NC(=O)c2ccc(C(C)(C)C)cc2)cccc1NC(=O)c1ccc(C(C)(C)C)cc1. The van der Waals surface area contributed by atoms with Gasteiger partial charge in [0.1, 0.15) is 0 Å². The predicted octanol–water partition coefficient (Wildman–Crippen LogP) is 7.09. The monoisotopic (exact) mass is 442 g/mol. The maximum atomic E-state index is 12.8. The van der Waals surface area contributed by atoms with Crippen LogP contribution in [0.1, 0.15) is 78.9 Å². The Hall–Kier alpha value is -3.40. The molecule has 3 aromatic carbocycles. The smallest absolute Gasteiger partial charge is 0.255 e. The van der Waals surface area contributed by atoms with Crippen molar-refractivity contribution in [3.8, 4) is 0 Å². The lowest BCUT2D eigenvalue weighted by Gasteiger charge is -2.19. The quantitative estimate of drug-likeness (QED) is 0.453. The van der Waals surface area contributed by atoms with Crippen molar-refractivity contribution in [2.45, 2.75) is 59.3 Å². The van der Waals surface area contributed by atoms with Gasteiger partial charge in [-0.2, -0.15) is 0 Å². The number of benzene rings is 3. The molecule has 33 heavy (non-hydrogen) atoms. The third kappa shape index (κ3) is 5.89. The standard InChI is InChI=1S/C29H34N2O2/c1-19-24(30-26(32)20-11-15-22(16-12-20)28(2,3)4)9-8-10-25(19)31-27(33)21-13-17-23(18-14-21)29(5,6)7/h8-18H,1-7H3,(H,30,32)(H,31,33). The van der Waals surface area contributed by atoms with E-state index < -0.39 is 0 Å². The molecule has 0 aliphatic heterocycles. The summed E-state index contributed by atoms with van der Waals surface area (Å²) in [5, 5.41) is 5.94. The molecule has 0 unspecified atom stereocenters. The van der Waals surface area contributed by atoms with Gasteiger partial charge in [-0.3, -0.25) is 9.59 Å². The first-order chi connectivity index (χ1) is 15.4. The molecule has 0 fully saturated rings. The van der Waals surface area contributed by atoms with Gasteiger partial charge >= 0.3 is 0 Å². The Kier molecular flexibility index (Phi) is 6.78. The molecule has 4 heteroatoms. The van der Waals surface area contributed by atoms with Gasteiger partial charge < -0.3 is 10.6 Å². The molecule has 2 N–H and O–H groups in total. The highest BCUT2D eigenvalue weighted by molar-refractivity contribution is 6.07. The Morgan fingerprint density at radius 3 is 1.21 bits per heavy atom. The molecule has 0 saturated heterocycles. The van der Waals surface area contributed by atoms with Crippen LogP contribution in [-0.2, 0) is 10.8 Å². The van der Waals surface area contributed by atoms with Gasteiger partial charge in [0.15, 0.2) is 0 Å². The zero-order chi connectivity index (χ0) is 24.4. The number of rotatable bonds is 4. The average Bonchev–Trinajstić information content (AvgIpc) is 2.75. The third-order valence-corrected chi connectivity index (χ3v) is 5.86. The Morgan fingerprint density at radius 2 is 0.909 bits per heavy atom. The van der Waals surface area contributed by atoms with E-state index in [4.69, 9.17) is 0 Å². The molecule has 2 amide bonds. The van der Waals surface area contributed by atoms with E-state index in [0.717, 1.165) is 5.56 Å². The van der Waals surface area contributed by atoms with Crippen LogP contribution in [-0.4, -0.2) is 11.8 Å². The molecule has 3 aromatic rings. The first-order valence-corrected chi connectivity index (χ1v) is 11.3. The van der Waals surface area contributed by atoms with Gasteiger partial charge in [-0.05, 0) is 70.8 Å². The third-order valence-electron chi connectivity index (χ3n) is 5.86. The number of amides is 2. The fourth-order valence-electron chi connectivity index (χ4n) is 3.54. The summed E-state index contributed by atoms with van der Waals surface area (Å²) in [6.45, 7) is 14.7. The van der Waals surface area contributed by atoms with E-state index in [0.29, 0.717) is 22.5 Å². The van der Waals surface area contributed by atoms with Crippen molar-refractivity contribution >= 4 is 23.2 Å². The van der Waals surface area contributed by atoms with Gasteiger partial charge in [-0.25, -0.2) is 0 Å². The predicted molar refractivity (Wildman–Crippen MR) is 137 cm³/mol. The summed E-state index contributed by atoms with van der Waals surface area (Å²) in [5.41, 5.74) is 5.74. The highest BCUT2D eigenvalue weighted by atomic mass is 16.2. The van der Waals surface area contributed by atoms with Crippen molar-refractivity contribution in [2.24, 2.45) is 0 Å². The molecular weight excluding hydrogens is 408 g/mol. The minimum Gasteiger partial charge on any atom is -0.322 e. The van der Waals surface area contributed by atoms with Gasteiger partial charge in [-0.1, -0.05) is 71.9 Å². The summed E-state index contributed by atoms with van der Waals surface area (Å²) >= 11 is 0. The molecule has 0 spiro atoms. The fourth-order valence-corrected chi connectivity index (χ4v) is 3.54. The Labute approximate surface area is 197 Å². The number of hydrogen-bond donors (Lipinski definition) is 2. The number of nitrogens with one attached hydrogen (secondary N) is 2. The van der Waals surface area contributed by atoms with E-state index in [2.05, 4.69) is 52.2 Å². The Balaban J connectivity index is 1.74. The molecule has 172 valence electrons. The van der Waals surface area contributed by atoms with Crippen molar-refractivity contribution < 1.29 is 9.59 Å². The molecule has 0 saturated carbocycles. The minimum absolute atomic E-state index is 0.0329. The molecule has 0 radical (unpaired) electrons. The molecule has 0 aliphatic carbocycles.